The number of sulfonamides is 1. The minimum Gasteiger partial charge on any atom is -0.317 e. The Bertz CT molecular complexity index is 590. The van der Waals surface area contributed by atoms with Gasteiger partial charge in [-0.25, -0.2) is 13.1 Å². The van der Waals surface area contributed by atoms with E-state index in [1.807, 2.05) is 12.1 Å². The summed E-state index contributed by atoms with van der Waals surface area (Å²) in [5, 5.41) is 3.31. The predicted octanol–water partition coefficient (Wildman–Crippen LogP) is 1.99. The first-order valence-electron chi connectivity index (χ1n) is 8.00. The molecule has 1 heterocycles. The van der Waals surface area contributed by atoms with Crippen LogP contribution in [-0.4, -0.2) is 27.5 Å². The van der Waals surface area contributed by atoms with E-state index in [0.717, 1.165) is 51.6 Å². The highest BCUT2D eigenvalue weighted by Crippen LogP contribution is 2.24. The fourth-order valence-electron chi connectivity index (χ4n) is 3.30. The third kappa shape index (κ3) is 3.65. The summed E-state index contributed by atoms with van der Waals surface area (Å²) in [6.07, 6.45) is 7.27. The van der Waals surface area contributed by atoms with Crippen molar-refractivity contribution in [3.8, 4) is 0 Å². The second-order valence-corrected chi connectivity index (χ2v) is 7.85. The molecule has 1 atom stereocenters. The molecule has 4 nitrogen and oxygen atoms in total. The molecule has 0 radical (unpaired) electrons. The number of benzene rings is 1. The van der Waals surface area contributed by atoms with Crippen LogP contribution in [0.3, 0.4) is 0 Å². The maximum absolute atomic E-state index is 12.6. The van der Waals surface area contributed by atoms with E-state index in [-0.39, 0.29) is 6.04 Å². The minimum absolute atomic E-state index is 0.0565. The summed E-state index contributed by atoms with van der Waals surface area (Å²) >= 11 is 0. The van der Waals surface area contributed by atoms with E-state index >= 15 is 0 Å². The zero-order valence-corrected chi connectivity index (χ0v) is 13.2. The lowest BCUT2D eigenvalue weighted by atomic mass is 9.92. The van der Waals surface area contributed by atoms with Gasteiger partial charge in [-0.2, -0.15) is 0 Å². The van der Waals surface area contributed by atoms with Gasteiger partial charge in [0, 0.05) is 6.04 Å². The average Bonchev–Trinajstić information content (AvgIpc) is 2.75. The SMILES string of the molecule is O=S(=O)(NC1CCCNCC1)c1ccc2c(c1)CCCC2. The summed E-state index contributed by atoms with van der Waals surface area (Å²) in [6.45, 7) is 1.87. The highest BCUT2D eigenvalue weighted by Gasteiger charge is 2.22. The Balaban J connectivity index is 1.77. The highest BCUT2D eigenvalue weighted by atomic mass is 32.2. The molecular formula is C16H24N2O2S. The van der Waals surface area contributed by atoms with E-state index in [1.54, 1.807) is 6.07 Å². The van der Waals surface area contributed by atoms with E-state index in [9.17, 15) is 8.42 Å². The molecule has 1 aliphatic carbocycles. The molecule has 0 spiro atoms. The first kappa shape index (κ1) is 15.0. The molecule has 5 heteroatoms. The van der Waals surface area contributed by atoms with Gasteiger partial charge in [-0.1, -0.05) is 6.07 Å². The molecule has 1 aromatic rings. The Labute approximate surface area is 127 Å². The molecule has 0 amide bonds. The predicted molar refractivity (Wildman–Crippen MR) is 83.9 cm³/mol. The van der Waals surface area contributed by atoms with Crippen LogP contribution < -0.4 is 10.0 Å². The van der Waals surface area contributed by atoms with Crippen molar-refractivity contribution in [3.63, 3.8) is 0 Å². The molecular weight excluding hydrogens is 284 g/mol. The Kier molecular flexibility index (Phi) is 4.62. The molecule has 1 aliphatic heterocycles. The van der Waals surface area contributed by atoms with Crippen LogP contribution in [0.25, 0.3) is 0 Å². The molecule has 0 bridgehead atoms. The molecule has 116 valence electrons. The smallest absolute Gasteiger partial charge is 0.240 e. The number of aryl methyl sites for hydroxylation is 2. The van der Waals surface area contributed by atoms with Gasteiger partial charge in [-0.15, -0.1) is 0 Å². The number of fused-ring (bicyclic) bond motifs is 1. The van der Waals surface area contributed by atoms with Crippen molar-refractivity contribution in [1.29, 1.82) is 0 Å². The van der Waals surface area contributed by atoms with Gasteiger partial charge in [0.2, 0.25) is 10.0 Å². The maximum atomic E-state index is 12.6. The normalized spacial score (nSPS) is 23.3. The summed E-state index contributed by atoms with van der Waals surface area (Å²) in [5.41, 5.74) is 2.53. The Morgan fingerprint density at radius 3 is 2.67 bits per heavy atom. The molecule has 1 unspecified atom stereocenters. The van der Waals surface area contributed by atoms with Crippen LogP contribution in [0.4, 0.5) is 0 Å². The van der Waals surface area contributed by atoms with Crippen molar-refractivity contribution in [2.75, 3.05) is 13.1 Å². The molecule has 0 saturated carbocycles. The lowest BCUT2D eigenvalue weighted by Gasteiger charge is -2.19. The van der Waals surface area contributed by atoms with Gasteiger partial charge in [0.15, 0.2) is 0 Å². The first-order valence-corrected chi connectivity index (χ1v) is 9.48. The lowest BCUT2D eigenvalue weighted by Crippen LogP contribution is -2.35. The van der Waals surface area contributed by atoms with Crippen LogP contribution in [0.1, 0.15) is 43.2 Å². The molecule has 0 aromatic heterocycles. The van der Waals surface area contributed by atoms with Crippen LogP contribution in [0.2, 0.25) is 0 Å². The van der Waals surface area contributed by atoms with Crippen molar-refractivity contribution in [1.82, 2.24) is 10.0 Å². The van der Waals surface area contributed by atoms with Gasteiger partial charge in [-0.05, 0) is 81.3 Å². The molecule has 21 heavy (non-hydrogen) atoms. The summed E-state index contributed by atoms with van der Waals surface area (Å²) in [7, 11) is -3.39. The Morgan fingerprint density at radius 2 is 1.81 bits per heavy atom. The van der Waals surface area contributed by atoms with Crippen LogP contribution in [0, 0.1) is 0 Å². The number of hydrogen-bond acceptors (Lipinski definition) is 3. The molecule has 2 N–H and O–H groups in total. The van der Waals surface area contributed by atoms with Gasteiger partial charge in [0.25, 0.3) is 0 Å². The summed E-state index contributed by atoms with van der Waals surface area (Å²) in [4.78, 5) is 0.431. The van der Waals surface area contributed by atoms with Crippen LogP contribution in [-0.2, 0) is 22.9 Å². The number of nitrogens with one attached hydrogen (secondary N) is 2. The van der Waals surface area contributed by atoms with Crippen LogP contribution >= 0.6 is 0 Å². The van der Waals surface area contributed by atoms with Crippen LogP contribution in [0.15, 0.2) is 23.1 Å². The fourth-order valence-corrected chi connectivity index (χ4v) is 4.66. The highest BCUT2D eigenvalue weighted by molar-refractivity contribution is 7.89. The van der Waals surface area contributed by atoms with E-state index in [4.69, 9.17) is 0 Å². The third-order valence-corrected chi connectivity index (χ3v) is 6.05. The number of hydrogen-bond donors (Lipinski definition) is 2. The quantitative estimate of drug-likeness (QED) is 0.898. The van der Waals surface area contributed by atoms with Crippen LogP contribution in [0.5, 0.6) is 0 Å². The fraction of sp³-hybridized carbons (Fsp3) is 0.625. The maximum Gasteiger partial charge on any atom is 0.240 e. The summed E-state index contributed by atoms with van der Waals surface area (Å²) < 4.78 is 28.0. The first-order chi connectivity index (χ1) is 10.1. The summed E-state index contributed by atoms with van der Waals surface area (Å²) in [6, 6.07) is 5.70. The van der Waals surface area contributed by atoms with E-state index in [1.165, 1.54) is 17.5 Å². The van der Waals surface area contributed by atoms with Crippen molar-refractivity contribution in [3.05, 3.63) is 29.3 Å². The van der Waals surface area contributed by atoms with Gasteiger partial charge in [0.1, 0.15) is 0 Å². The largest absolute Gasteiger partial charge is 0.317 e. The van der Waals surface area contributed by atoms with Crippen molar-refractivity contribution in [2.24, 2.45) is 0 Å². The second kappa shape index (κ2) is 6.46. The van der Waals surface area contributed by atoms with E-state index < -0.39 is 10.0 Å². The Hall–Kier alpha value is -0.910. The molecule has 1 aromatic carbocycles. The second-order valence-electron chi connectivity index (χ2n) is 6.14. The zero-order valence-electron chi connectivity index (χ0n) is 12.4. The van der Waals surface area contributed by atoms with Gasteiger partial charge in [0.05, 0.1) is 4.90 Å². The zero-order chi connectivity index (χ0) is 14.7. The standard InChI is InChI=1S/C16H24N2O2S/c19-21(20,18-15-6-3-10-17-11-9-15)16-8-7-13-4-1-2-5-14(13)12-16/h7-8,12,15,17-18H,1-6,9-11H2. The Morgan fingerprint density at radius 1 is 1.00 bits per heavy atom. The molecule has 1 fully saturated rings. The van der Waals surface area contributed by atoms with Crippen molar-refractivity contribution < 1.29 is 8.42 Å². The lowest BCUT2D eigenvalue weighted by molar-refractivity contribution is 0.518. The molecule has 2 aliphatic rings. The van der Waals surface area contributed by atoms with Crippen molar-refractivity contribution in [2.45, 2.75) is 55.9 Å². The van der Waals surface area contributed by atoms with E-state index in [2.05, 4.69) is 10.0 Å². The van der Waals surface area contributed by atoms with Gasteiger partial charge < -0.3 is 5.32 Å². The minimum atomic E-state index is -3.39. The van der Waals surface area contributed by atoms with Gasteiger partial charge >= 0.3 is 0 Å². The van der Waals surface area contributed by atoms with E-state index in [0.29, 0.717) is 4.90 Å². The average molecular weight is 308 g/mol. The van der Waals surface area contributed by atoms with Gasteiger partial charge in [-0.3, -0.25) is 0 Å². The topological polar surface area (TPSA) is 58.2 Å². The third-order valence-electron chi connectivity index (χ3n) is 4.53. The monoisotopic (exact) mass is 308 g/mol. The molecule has 1 saturated heterocycles. The summed E-state index contributed by atoms with van der Waals surface area (Å²) in [5.74, 6) is 0. The van der Waals surface area contributed by atoms with Crippen molar-refractivity contribution >= 4 is 10.0 Å². The number of rotatable bonds is 3. The molecule has 3 rings (SSSR count).